The molecule has 5 N–H and O–H groups in total. The molecule has 14 heteroatoms. The van der Waals surface area contributed by atoms with E-state index in [2.05, 4.69) is 5.09 Å². The zero-order valence-corrected chi connectivity index (χ0v) is 18.3. The largest absolute Gasteiger partial charge is 0.480 e. The van der Waals surface area contributed by atoms with Gasteiger partial charge < -0.3 is 24.6 Å². The summed E-state index contributed by atoms with van der Waals surface area (Å²) in [6.45, 7) is -0.993. The predicted molar refractivity (Wildman–Crippen MR) is 113 cm³/mol. The molecule has 1 aliphatic rings. The van der Waals surface area contributed by atoms with Crippen molar-refractivity contribution in [1.29, 1.82) is 0 Å². The van der Waals surface area contributed by atoms with Gasteiger partial charge in [0, 0.05) is 12.3 Å². The van der Waals surface area contributed by atoms with Crippen molar-refractivity contribution in [2.24, 2.45) is 0 Å². The zero-order valence-electron chi connectivity index (χ0n) is 19.4. The Kier molecular flexibility index (Phi) is 6.40. The molecule has 33 heavy (non-hydrogen) atoms. The predicted octanol–water partition coefficient (Wildman–Crippen LogP) is -0.188. The van der Waals surface area contributed by atoms with Crippen molar-refractivity contribution in [2.45, 2.75) is 43.9 Å². The molecule has 1 unspecified atom stereocenters. The lowest BCUT2D eigenvalue weighted by atomic mass is 9.96. The van der Waals surface area contributed by atoms with E-state index in [0.29, 0.717) is 0 Å². The summed E-state index contributed by atoms with van der Waals surface area (Å²) < 4.78 is 46.6. The first-order chi connectivity index (χ1) is 16.2. The minimum Gasteiger partial charge on any atom is -0.480 e. The first kappa shape index (κ1) is 22.0. The number of aliphatic hydroxyl groups excluding tert-OH is 1. The fraction of sp³-hybridized carbons (Fsp3) is 0.421. The molecule has 1 aromatic heterocycles. The van der Waals surface area contributed by atoms with E-state index in [0.717, 1.165) is 30.7 Å². The highest BCUT2D eigenvalue weighted by Crippen LogP contribution is 2.46. The Morgan fingerprint density at radius 1 is 1.39 bits per heavy atom. The molecular weight excluding hydrogens is 461 g/mol. The summed E-state index contributed by atoms with van der Waals surface area (Å²) in [6.07, 6.45) is -4.80. The molecule has 180 valence electrons. The second-order valence-electron chi connectivity index (χ2n) is 7.40. The van der Waals surface area contributed by atoms with Gasteiger partial charge in [0.2, 0.25) is 0 Å². The highest BCUT2D eigenvalue weighted by Gasteiger charge is 2.54. The lowest BCUT2D eigenvalue weighted by molar-refractivity contribution is -0.138. The van der Waals surface area contributed by atoms with Crippen molar-refractivity contribution < 1.29 is 41.2 Å². The standard InChI is InChI=1S/C19H24N3O10P/c1-11(16(25)26)21-33(29,32-12-6-4-3-5-7-12)30-10-13-15(24)19(2,28)17(31-13)22-9-8-14(23)20-18(22)27/h3-9,11,13,15,17,24,28H,10H2,1-2H3,(H,21,29)(H,25,26)(H,20,23,27)/t11-,13+,15-,17-,19-,33?/m1/s1/i10D2. The summed E-state index contributed by atoms with van der Waals surface area (Å²) in [5, 5.41) is 32.8. The number of carbonyl (C=O) groups is 1. The maximum absolute atomic E-state index is 13.4. The van der Waals surface area contributed by atoms with E-state index in [9.17, 15) is 34.3 Å². The summed E-state index contributed by atoms with van der Waals surface area (Å²) in [4.78, 5) is 36.8. The molecule has 0 aliphatic carbocycles. The molecule has 0 radical (unpaired) electrons. The molecule has 1 aliphatic heterocycles. The molecule has 2 heterocycles. The van der Waals surface area contributed by atoms with Gasteiger partial charge in [0.1, 0.15) is 29.6 Å². The topological polar surface area (TPSA) is 189 Å². The molecular formula is C19H24N3O10P. The van der Waals surface area contributed by atoms with E-state index in [4.69, 9.17) is 16.5 Å². The van der Waals surface area contributed by atoms with Gasteiger partial charge in [0.25, 0.3) is 5.56 Å². The molecule has 1 fully saturated rings. The van der Waals surface area contributed by atoms with Crippen LogP contribution in [0.3, 0.4) is 0 Å². The molecule has 1 saturated heterocycles. The smallest absolute Gasteiger partial charge is 0.459 e. The Morgan fingerprint density at radius 2 is 2.06 bits per heavy atom. The molecule has 3 rings (SSSR count). The van der Waals surface area contributed by atoms with Crippen LogP contribution in [0.25, 0.3) is 0 Å². The average Bonchev–Trinajstić information content (AvgIpc) is 2.98. The van der Waals surface area contributed by atoms with Crippen LogP contribution in [0.2, 0.25) is 0 Å². The number of hydrogen-bond acceptors (Lipinski definition) is 9. The first-order valence-corrected chi connectivity index (χ1v) is 11.1. The van der Waals surface area contributed by atoms with Gasteiger partial charge in [-0.3, -0.25) is 23.7 Å². The number of benzene rings is 1. The molecule has 0 spiro atoms. The van der Waals surface area contributed by atoms with E-state index in [1.807, 2.05) is 4.98 Å². The average molecular weight is 487 g/mol. The maximum atomic E-state index is 13.4. The molecule has 0 bridgehead atoms. The molecule has 13 nitrogen and oxygen atoms in total. The minimum absolute atomic E-state index is 0.0470. The van der Waals surface area contributed by atoms with Crippen LogP contribution in [0.1, 0.15) is 22.8 Å². The molecule has 1 aromatic carbocycles. The number of para-hydroxylation sites is 1. The van der Waals surface area contributed by atoms with Crippen LogP contribution in [-0.2, 0) is 18.6 Å². The van der Waals surface area contributed by atoms with Gasteiger partial charge in [-0.05, 0) is 26.0 Å². The third-order valence-electron chi connectivity index (χ3n) is 4.74. The Labute approximate surface area is 190 Å². The van der Waals surface area contributed by atoms with E-state index in [1.54, 1.807) is 6.07 Å². The number of nitrogens with zero attached hydrogens (tertiary/aromatic N) is 1. The van der Waals surface area contributed by atoms with Gasteiger partial charge >= 0.3 is 19.4 Å². The Hall–Kier alpha value is -2.80. The zero-order chi connectivity index (χ0) is 26.2. The Morgan fingerprint density at radius 3 is 2.67 bits per heavy atom. The summed E-state index contributed by atoms with van der Waals surface area (Å²) in [6, 6.07) is 6.82. The van der Waals surface area contributed by atoms with Crippen molar-refractivity contribution in [3.8, 4) is 5.75 Å². The van der Waals surface area contributed by atoms with Crippen LogP contribution in [0, 0.1) is 0 Å². The number of nitrogens with one attached hydrogen (secondary N) is 2. The molecule has 2 aromatic rings. The monoisotopic (exact) mass is 487 g/mol. The van der Waals surface area contributed by atoms with Gasteiger partial charge in [-0.25, -0.2) is 9.36 Å². The summed E-state index contributed by atoms with van der Waals surface area (Å²) in [5.74, 6) is -1.49. The number of rotatable bonds is 9. The van der Waals surface area contributed by atoms with Crippen LogP contribution in [0.5, 0.6) is 5.75 Å². The lowest BCUT2D eigenvalue weighted by Gasteiger charge is -2.27. The van der Waals surface area contributed by atoms with Crippen LogP contribution >= 0.6 is 7.75 Å². The number of carboxylic acid groups (broad SMARTS) is 1. The molecule has 6 atom stereocenters. The van der Waals surface area contributed by atoms with E-state index >= 15 is 0 Å². The molecule has 0 saturated carbocycles. The number of aromatic amines is 1. The number of H-pyrrole nitrogens is 1. The number of aromatic nitrogens is 2. The fourth-order valence-electron chi connectivity index (χ4n) is 2.96. The second kappa shape index (κ2) is 9.59. The normalized spacial score (nSPS) is 28.9. The van der Waals surface area contributed by atoms with Crippen molar-refractivity contribution in [3.05, 3.63) is 63.4 Å². The maximum Gasteiger partial charge on any atom is 0.459 e. The van der Waals surface area contributed by atoms with Crippen molar-refractivity contribution >= 4 is 13.7 Å². The highest BCUT2D eigenvalue weighted by atomic mass is 31.2. The number of aliphatic carboxylic acids is 1. The minimum atomic E-state index is -4.80. The van der Waals surface area contributed by atoms with Gasteiger partial charge in [-0.15, -0.1) is 0 Å². The van der Waals surface area contributed by atoms with Crippen molar-refractivity contribution in [2.75, 3.05) is 6.56 Å². The summed E-state index contributed by atoms with van der Waals surface area (Å²) in [7, 11) is -4.80. The van der Waals surface area contributed by atoms with Crippen LogP contribution in [-0.4, -0.2) is 61.2 Å². The fourth-order valence-corrected chi connectivity index (χ4v) is 4.33. The highest BCUT2D eigenvalue weighted by molar-refractivity contribution is 7.52. The second-order valence-corrected chi connectivity index (χ2v) is 9.02. The van der Waals surface area contributed by atoms with Crippen molar-refractivity contribution in [3.63, 3.8) is 0 Å². The number of aliphatic hydroxyl groups is 2. The van der Waals surface area contributed by atoms with E-state index < -0.39 is 61.6 Å². The summed E-state index contributed by atoms with van der Waals surface area (Å²) >= 11 is 0. The number of hydrogen-bond donors (Lipinski definition) is 5. The van der Waals surface area contributed by atoms with E-state index in [1.165, 1.54) is 24.3 Å². The quantitative estimate of drug-likeness (QED) is 0.295. The van der Waals surface area contributed by atoms with Crippen LogP contribution < -0.4 is 20.9 Å². The Balaban J connectivity index is 1.94. The number of carboxylic acids is 1. The third kappa shape index (κ3) is 5.58. The molecule has 0 amide bonds. The summed E-state index contributed by atoms with van der Waals surface area (Å²) in [5.41, 5.74) is -4.03. The Bertz CT molecular complexity index is 1240. The SMILES string of the molecule is [2H]C([2H])(OP(=O)(N[C@H](C)C(=O)O)Oc1ccccc1)[C@@H]1O[C@@H](n2ccc(=O)[nH]c2=O)[C@](C)(O)[C@@H]1O. The number of ether oxygens (including phenoxy) is 1. The van der Waals surface area contributed by atoms with Gasteiger partial charge in [0.05, 0.1) is 9.30 Å². The van der Waals surface area contributed by atoms with Crippen molar-refractivity contribution in [1.82, 2.24) is 14.6 Å². The van der Waals surface area contributed by atoms with Gasteiger partial charge in [0.15, 0.2) is 6.23 Å². The van der Waals surface area contributed by atoms with E-state index in [-0.39, 0.29) is 5.75 Å². The third-order valence-corrected chi connectivity index (χ3v) is 6.25. The first-order valence-electron chi connectivity index (χ1n) is 10.6. The lowest BCUT2D eigenvalue weighted by Crippen LogP contribution is -2.47. The van der Waals surface area contributed by atoms with Gasteiger partial charge in [-0.1, -0.05) is 18.2 Å². The van der Waals surface area contributed by atoms with Crippen LogP contribution in [0.4, 0.5) is 0 Å². The van der Waals surface area contributed by atoms with Crippen LogP contribution in [0.15, 0.2) is 52.2 Å². The van der Waals surface area contributed by atoms with Gasteiger partial charge in [-0.2, -0.15) is 5.09 Å².